The number of hydrogen-bond acceptors (Lipinski definition) is 4. The molecule has 0 rings (SSSR count). The van der Waals surface area contributed by atoms with E-state index in [2.05, 4.69) is 0 Å². The van der Waals surface area contributed by atoms with Crippen molar-refractivity contribution in [1.29, 1.82) is 0 Å². The van der Waals surface area contributed by atoms with Crippen LogP contribution >= 0.6 is 0 Å². The quantitative estimate of drug-likeness (QED) is 0.430. The fraction of sp³-hybridized carbons (Fsp3) is 0.600. The fourth-order valence-corrected chi connectivity index (χ4v) is 0.653. The minimum atomic E-state index is -4.87. The van der Waals surface area contributed by atoms with Gasteiger partial charge in [0.05, 0.1) is 12.8 Å². The van der Waals surface area contributed by atoms with Crippen LogP contribution in [-0.2, 0) is 38.7 Å². The first-order valence-electron chi connectivity index (χ1n) is 4.86. The van der Waals surface area contributed by atoms with E-state index in [9.17, 15) is 45.5 Å². The summed E-state index contributed by atoms with van der Waals surface area (Å²) in [5, 5.41) is 0. The Labute approximate surface area is 128 Å². The van der Waals surface area contributed by atoms with Gasteiger partial charge in [-0.05, 0) is 13.8 Å². The predicted octanol–water partition coefficient (Wildman–Crippen LogP) is 2.19. The zero-order valence-corrected chi connectivity index (χ0v) is 14.0. The summed E-state index contributed by atoms with van der Waals surface area (Å²) >= 11 is 0. The van der Waals surface area contributed by atoms with Crippen molar-refractivity contribution in [2.75, 3.05) is 0 Å². The number of ketones is 4. The second-order valence-electron chi connectivity index (χ2n) is 3.60. The third-order valence-electron chi connectivity index (χ3n) is 1.45. The van der Waals surface area contributed by atoms with E-state index in [-0.39, 0.29) is 19.5 Å². The molecular formula is C10H10F6O4Zn. The van der Waals surface area contributed by atoms with Gasteiger partial charge in [0.1, 0.15) is 11.6 Å². The van der Waals surface area contributed by atoms with Crippen LogP contribution in [-0.4, -0.2) is 35.5 Å². The van der Waals surface area contributed by atoms with Gasteiger partial charge < -0.3 is 0 Å². The molecule has 11 heteroatoms. The molecule has 0 aliphatic rings. The van der Waals surface area contributed by atoms with E-state index in [0.29, 0.717) is 0 Å². The van der Waals surface area contributed by atoms with Crippen molar-refractivity contribution < 1.29 is 65.0 Å². The molecule has 0 aromatic carbocycles. The van der Waals surface area contributed by atoms with Gasteiger partial charge in [0.25, 0.3) is 0 Å². The summed E-state index contributed by atoms with van der Waals surface area (Å²) in [6, 6.07) is 0. The summed E-state index contributed by atoms with van der Waals surface area (Å²) in [7, 11) is 0. The third-order valence-corrected chi connectivity index (χ3v) is 1.45. The second-order valence-corrected chi connectivity index (χ2v) is 3.60. The SMILES string of the molecule is CC(=O)CC(=O)C(F)(F)F.CC(=O)CC(=O)C(F)(F)F.[Zn]. The Morgan fingerprint density at radius 3 is 0.905 bits per heavy atom. The maximum atomic E-state index is 11.3. The van der Waals surface area contributed by atoms with Gasteiger partial charge in [0.15, 0.2) is 0 Å². The van der Waals surface area contributed by atoms with Gasteiger partial charge in [-0.25, -0.2) is 0 Å². The normalized spacial score (nSPS) is 10.7. The van der Waals surface area contributed by atoms with E-state index in [1.807, 2.05) is 0 Å². The van der Waals surface area contributed by atoms with Crippen LogP contribution in [0.4, 0.5) is 26.3 Å². The summed E-state index contributed by atoms with van der Waals surface area (Å²) < 4.78 is 67.8. The zero-order chi connectivity index (χ0) is 16.7. The van der Waals surface area contributed by atoms with Crippen LogP contribution in [0.2, 0.25) is 0 Å². The fourth-order valence-electron chi connectivity index (χ4n) is 0.653. The Bertz CT molecular complexity index is 361. The molecule has 21 heavy (non-hydrogen) atoms. The van der Waals surface area contributed by atoms with Crippen molar-refractivity contribution in [2.45, 2.75) is 39.0 Å². The molecular weight excluding hydrogens is 363 g/mol. The van der Waals surface area contributed by atoms with E-state index in [4.69, 9.17) is 0 Å². The number of rotatable bonds is 4. The van der Waals surface area contributed by atoms with Crippen LogP contribution in [0.1, 0.15) is 26.7 Å². The minimum absolute atomic E-state index is 0. The number of carbonyl (C=O) groups is 4. The maximum absolute atomic E-state index is 11.3. The molecule has 0 saturated heterocycles. The molecule has 0 fully saturated rings. The Balaban J connectivity index is -0.000000295. The first kappa shape index (κ1) is 24.9. The van der Waals surface area contributed by atoms with Crippen molar-refractivity contribution >= 4 is 23.1 Å². The largest absolute Gasteiger partial charge is 0.450 e. The van der Waals surface area contributed by atoms with Crippen molar-refractivity contribution in [2.24, 2.45) is 0 Å². The molecule has 118 valence electrons. The van der Waals surface area contributed by atoms with Crippen LogP contribution in [0.15, 0.2) is 0 Å². The monoisotopic (exact) mass is 372 g/mol. The molecule has 0 radical (unpaired) electrons. The smallest absolute Gasteiger partial charge is 0.300 e. The number of alkyl halides is 6. The number of carbonyl (C=O) groups excluding carboxylic acids is 4. The van der Waals surface area contributed by atoms with Crippen molar-refractivity contribution in [3.63, 3.8) is 0 Å². The van der Waals surface area contributed by atoms with Crippen molar-refractivity contribution in [3.05, 3.63) is 0 Å². The van der Waals surface area contributed by atoms with E-state index >= 15 is 0 Å². The van der Waals surface area contributed by atoms with Crippen LogP contribution in [0.25, 0.3) is 0 Å². The molecule has 0 N–H and O–H groups in total. The number of hydrogen-bond donors (Lipinski definition) is 0. The van der Waals surface area contributed by atoms with Gasteiger partial charge in [-0.1, -0.05) is 0 Å². The predicted molar refractivity (Wildman–Crippen MR) is 52.7 cm³/mol. The van der Waals surface area contributed by atoms with Crippen molar-refractivity contribution in [3.8, 4) is 0 Å². The van der Waals surface area contributed by atoms with E-state index in [1.165, 1.54) is 0 Å². The Morgan fingerprint density at radius 2 is 0.857 bits per heavy atom. The molecule has 0 saturated carbocycles. The molecule has 4 nitrogen and oxygen atoms in total. The second kappa shape index (κ2) is 9.75. The molecule has 0 heterocycles. The summed E-state index contributed by atoms with van der Waals surface area (Å²) in [6.07, 6.45) is -11.8. The van der Waals surface area contributed by atoms with Gasteiger partial charge in [-0.3, -0.25) is 19.2 Å². The van der Waals surface area contributed by atoms with Gasteiger partial charge in [0.2, 0.25) is 11.6 Å². The summed E-state index contributed by atoms with van der Waals surface area (Å²) in [6.45, 7) is 1.87. The standard InChI is InChI=1S/2C5H5F3O2.Zn/c2*1-3(9)2-4(10)5(6,7)8;/h2*2H2,1H3;. The summed E-state index contributed by atoms with van der Waals surface area (Å²) in [5.74, 6) is -5.52. The molecule has 0 atom stereocenters. The maximum Gasteiger partial charge on any atom is 0.450 e. The van der Waals surface area contributed by atoms with Gasteiger partial charge >= 0.3 is 12.4 Å². The average Bonchev–Trinajstić information content (AvgIpc) is 2.13. The molecule has 0 unspecified atom stereocenters. The van der Waals surface area contributed by atoms with Crippen LogP contribution < -0.4 is 0 Å². The van der Waals surface area contributed by atoms with Crippen molar-refractivity contribution in [1.82, 2.24) is 0 Å². The van der Waals surface area contributed by atoms with Gasteiger partial charge in [-0.15, -0.1) is 0 Å². The third kappa shape index (κ3) is 15.1. The molecule has 0 amide bonds. The topological polar surface area (TPSA) is 68.3 Å². The molecule has 0 aliphatic carbocycles. The average molecular weight is 374 g/mol. The Kier molecular flexibility index (Phi) is 11.6. The van der Waals surface area contributed by atoms with Crippen LogP contribution in [0.5, 0.6) is 0 Å². The number of halogens is 6. The van der Waals surface area contributed by atoms with Gasteiger partial charge in [-0.2, -0.15) is 26.3 Å². The molecule has 0 spiro atoms. The Morgan fingerprint density at radius 1 is 0.667 bits per heavy atom. The van der Waals surface area contributed by atoms with Crippen LogP contribution in [0.3, 0.4) is 0 Å². The molecule has 0 aromatic rings. The summed E-state index contributed by atoms with van der Waals surface area (Å²) in [5.41, 5.74) is 0. The molecule has 0 aromatic heterocycles. The van der Waals surface area contributed by atoms with E-state index in [0.717, 1.165) is 13.8 Å². The zero-order valence-electron chi connectivity index (χ0n) is 11.0. The van der Waals surface area contributed by atoms with Crippen LogP contribution in [0, 0.1) is 0 Å². The first-order valence-corrected chi connectivity index (χ1v) is 4.86. The molecule has 0 bridgehead atoms. The minimum Gasteiger partial charge on any atom is -0.300 e. The van der Waals surface area contributed by atoms with Gasteiger partial charge in [0, 0.05) is 19.5 Å². The summed E-state index contributed by atoms with van der Waals surface area (Å²) in [4.78, 5) is 39.8. The molecule has 0 aliphatic heterocycles. The van der Waals surface area contributed by atoms with E-state index in [1.54, 1.807) is 0 Å². The van der Waals surface area contributed by atoms with E-state index < -0.39 is 48.3 Å². The first-order chi connectivity index (χ1) is 8.67. The number of Topliss-reactive ketones (excluding diaryl/α,β-unsaturated/α-hetero) is 4. The Hall–Kier alpha value is -1.12.